The molecule has 0 amide bonds. The summed E-state index contributed by atoms with van der Waals surface area (Å²) < 4.78 is 2.15. The van der Waals surface area contributed by atoms with Gasteiger partial charge in [0.15, 0.2) is 5.82 Å². The molecule has 2 aromatic rings. The molecule has 1 aliphatic rings. The summed E-state index contributed by atoms with van der Waals surface area (Å²) in [5.41, 5.74) is 1.53. The topological polar surface area (TPSA) is 60.1 Å². The molecule has 0 fully saturated rings. The fourth-order valence-electron chi connectivity index (χ4n) is 2.29. The second kappa shape index (κ2) is 4.55. The molecule has 18 heavy (non-hydrogen) atoms. The number of carbonyl (C=O) groups excluding carboxylic acids is 1. The van der Waals surface area contributed by atoms with E-state index in [0.29, 0.717) is 5.69 Å². The van der Waals surface area contributed by atoms with Crippen LogP contribution in [-0.2, 0) is 17.8 Å². The first kappa shape index (κ1) is 10.9. The van der Waals surface area contributed by atoms with E-state index in [2.05, 4.69) is 19.8 Å². The zero-order chi connectivity index (χ0) is 12.4. The number of aryl methyl sites for hydroxylation is 1. The maximum atomic E-state index is 10.3. The Labute approximate surface area is 104 Å². The van der Waals surface area contributed by atoms with Crippen LogP contribution in [0.1, 0.15) is 18.7 Å². The summed E-state index contributed by atoms with van der Waals surface area (Å²) in [6.45, 7) is 0.957. The van der Waals surface area contributed by atoms with E-state index in [0.717, 1.165) is 36.6 Å². The third-order valence-corrected chi connectivity index (χ3v) is 3.14. The molecule has 5 heteroatoms. The van der Waals surface area contributed by atoms with Crippen molar-refractivity contribution in [1.82, 2.24) is 14.8 Å². The maximum Gasteiger partial charge on any atom is 0.240 e. The van der Waals surface area contributed by atoms with Gasteiger partial charge in [-0.2, -0.15) is 4.99 Å². The Morgan fingerprint density at radius 1 is 1.28 bits per heavy atom. The van der Waals surface area contributed by atoms with Gasteiger partial charge in [-0.05, 0) is 25.0 Å². The fraction of sp³-hybridized carbons (Fsp3) is 0.308. The molecule has 5 nitrogen and oxygen atoms in total. The van der Waals surface area contributed by atoms with Gasteiger partial charge in [0.05, 0.1) is 5.69 Å². The Morgan fingerprint density at radius 3 is 3.11 bits per heavy atom. The summed E-state index contributed by atoms with van der Waals surface area (Å²) in [4.78, 5) is 13.9. The normalized spacial score (nSPS) is 13.8. The van der Waals surface area contributed by atoms with Crippen LogP contribution in [0.5, 0.6) is 0 Å². The lowest BCUT2D eigenvalue weighted by Gasteiger charge is -2.14. The van der Waals surface area contributed by atoms with Crippen molar-refractivity contribution in [2.45, 2.75) is 25.8 Å². The molecule has 0 spiro atoms. The van der Waals surface area contributed by atoms with Gasteiger partial charge in [-0.25, -0.2) is 4.79 Å². The predicted octanol–water partition coefficient (Wildman–Crippen LogP) is 2.25. The number of nitrogens with zero attached hydrogens (tertiary/aromatic N) is 4. The molecule has 1 aromatic carbocycles. The highest BCUT2D eigenvalue weighted by molar-refractivity contribution is 5.62. The molecule has 0 N–H and O–H groups in total. The zero-order valence-electron chi connectivity index (χ0n) is 9.83. The SMILES string of the molecule is O=C=Nc1cccc(-c2nnc3n2CCCC3)c1. The Bertz CT molecular complexity index is 626. The van der Waals surface area contributed by atoms with Gasteiger partial charge in [0, 0.05) is 18.5 Å². The number of aliphatic imine (C=N–C) groups is 1. The van der Waals surface area contributed by atoms with Crippen molar-refractivity contribution in [3.63, 3.8) is 0 Å². The Balaban J connectivity index is 2.06. The molecule has 0 aliphatic carbocycles. The molecular weight excluding hydrogens is 228 g/mol. The Kier molecular flexibility index (Phi) is 2.74. The average Bonchev–Trinajstić information content (AvgIpc) is 2.83. The van der Waals surface area contributed by atoms with Crippen LogP contribution in [0.25, 0.3) is 11.4 Å². The van der Waals surface area contributed by atoms with Crippen LogP contribution in [0, 0.1) is 0 Å². The number of hydrogen-bond acceptors (Lipinski definition) is 4. The minimum atomic E-state index is 0.593. The molecule has 3 rings (SSSR count). The van der Waals surface area contributed by atoms with Crippen molar-refractivity contribution < 1.29 is 4.79 Å². The predicted molar refractivity (Wildman–Crippen MR) is 66.2 cm³/mol. The summed E-state index contributed by atoms with van der Waals surface area (Å²) in [6, 6.07) is 7.41. The van der Waals surface area contributed by atoms with E-state index in [1.165, 1.54) is 6.42 Å². The molecular formula is C13H12N4O. The standard InChI is InChI=1S/C13H12N4O/c18-9-14-11-5-3-4-10(8-11)13-16-15-12-6-1-2-7-17(12)13/h3-5,8H,1-2,6-7H2. The number of rotatable bonds is 2. The second-order valence-corrected chi connectivity index (χ2v) is 4.30. The maximum absolute atomic E-state index is 10.3. The van der Waals surface area contributed by atoms with E-state index in [1.807, 2.05) is 18.2 Å². The highest BCUT2D eigenvalue weighted by Crippen LogP contribution is 2.25. The quantitative estimate of drug-likeness (QED) is 0.597. The Morgan fingerprint density at radius 2 is 2.22 bits per heavy atom. The van der Waals surface area contributed by atoms with Gasteiger partial charge in [0.1, 0.15) is 5.82 Å². The highest BCUT2D eigenvalue weighted by atomic mass is 16.1. The lowest BCUT2D eigenvalue weighted by Crippen LogP contribution is -2.11. The molecule has 2 heterocycles. The van der Waals surface area contributed by atoms with E-state index in [4.69, 9.17) is 0 Å². The monoisotopic (exact) mass is 240 g/mol. The minimum Gasteiger partial charge on any atom is -0.311 e. The number of aromatic nitrogens is 3. The molecule has 90 valence electrons. The first-order valence-corrected chi connectivity index (χ1v) is 5.99. The van der Waals surface area contributed by atoms with Gasteiger partial charge in [-0.1, -0.05) is 12.1 Å². The van der Waals surface area contributed by atoms with Crippen LogP contribution in [0.4, 0.5) is 5.69 Å². The van der Waals surface area contributed by atoms with Gasteiger partial charge in [0.2, 0.25) is 6.08 Å². The third kappa shape index (κ3) is 1.85. The average molecular weight is 240 g/mol. The Hall–Kier alpha value is -2.26. The lowest BCUT2D eigenvalue weighted by molar-refractivity contribution is 0.526. The summed E-state index contributed by atoms with van der Waals surface area (Å²) in [6.07, 6.45) is 4.87. The van der Waals surface area contributed by atoms with E-state index in [9.17, 15) is 4.79 Å². The van der Waals surface area contributed by atoms with Crippen LogP contribution < -0.4 is 0 Å². The van der Waals surface area contributed by atoms with E-state index < -0.39 is 0 Å². The fourth-order valence-corrected chi connectivity index (χ4v) is 2.29. The molecule has 1 aliphatic heterocycles. The molecule has 0 radical (unpaired) electrons. The van der Waals surface area contributed by atoms with Crippen molar-refractivity contribution >= 4 is 11.8 Å². The lowest BCUT2D eigenvalue weighted by atomic mass is 10.1. The summed E-state index contributed by atoms with van der Waals surface area (Å²) in [5.74, 6) is 1.90. The third-order valence-electron chi connectivity index (χ3n) is 3.14. The number of fused-ring (bicyclic) bond motifs is 1. The van der Waals surface area contributed by atoms with Crippen molar-refractivity contribution in [1.29, 1.82) is 0 Å². The molecule has 1 aromatic heterocycles. The zero-order valence-corrected chi connectivity index (χ0v) is 9.83. The summed E-state index contributed by atoms with van der Waals surface area (Å²) in [7, 11) is 0. The van der Waals surface area contributed by atoms with Crippen molar-refractivity contribution in [3.05, 3.63) is 30.1 Å². The van der Waals surface area contributed by atoms with Crippen molar-refractivity contribution in [2.24, 2.45) is 4.99 Å². The molecule has 0 bridgehead atoms. The number of benzene rings is 1. The van der Waals surface area contributed by atoms with Crippen LogP contribution in [0.3, 0.4) is 0 Å². The second-order valence-electron chi connectivity index (χ2n) is 4.30. The van der Waals surface area contributed by atoms with Gasteiger partial charge < -0.3 is 4.57 Å². The van der Waals surface area contributed by atoms with Crippen LogP contribution in [-0.4, -0.2) is 20.8 Å². The van der Waals surface area contributed by atoms with Crippen molar-refractivity contribution in [3.8, 4) is 11.4 Å². The highest BCUT2D eigenvalue weighted by Gasteiger charge is 2.16. The summed E-state index contributed by atoms with van der Waals surface area (Å²) in [5, 5.41) is 8.46. The minimum absolute atomic E-state index is 0.593. The van der Waals surface area contributed by atoms with Crippen LogP contribution in [0.2, 0.25) is 0 Å². The molecule has 0 saturated carbocycles. The first-order valence-electron chi connectivity index (χ1n) is 5.99. The van der Waals surface area contributed by atoms with Crippen LogP contribution in [0.15, 0.2) is 29.3 Å². The van der Waals surface area contributed by atoms with E-state index in [1.54, 1.807) is 12.1 Å². The van der Waals surface area contributed by atoms with Gasteiger partial charge >= 0.3 is 0 Å². The molecule has 0 saturated heterocycles. The summed E-state index contributed by atoms with van der Waals surface area (Å²) >= 11 is 0. The largest absolute Gasteiger partial charge is 0.311 e. The van der Waals surface area contributed by atoms with Gasteiger partial charge in [-0.3, -0.25) is 0 Å². The van der Waals surface area contributed by atoms with E-state index in [-0.39, 0.29) is 0 Å². The van der Waals surface area contributed by atoms with Crippen molar-refractivity contribution in [2.75, 3.05) is 0 Å². The smallest absolute Gasteiger partial charge is 0.240 e. The molecule has 0 unspecified atom stereocenters. The van der Waals surface area contributed by atoms with Gasteiger partial charge in [-0.15, -0.1) is 10.2 Å². The number of hydrogen-bond donors (Lipinski definition) is 0. The van der Waals surface area contributed by atoms with Crippen LogP contribution >= 0.6 is 0 Å². The molecule has 0 atom stereocenters. The number of isocyanates is 1. The first-order chi connectivity index (χ1) is 8.88. The van der Waals surface area contributed by atoms with Gasteiger partial charge in [0.25, 0.3) is 0 Å². The van der Waals surface area contributed by atoms with E-state index >= 15 is 0 Å².